The third kappa shape index (κ3) is 2.02. The molecule has 2 N–H and O–H groups in total. The van der Waals surface area contributed by atoms with Crippen molar-refractivity contribution in [3.05, 3.63) is 52.6 Å². The van der Waals surface area contributed by atoms with Crippen molar-refractivity contribution in [2.45, 2.75) is 6.54 Å². The van der Waals surface area contributed by atoms with Gasteiger partial charge in [0.2, 0.25) is 0 Å². The van der Waals surface area contributed by atoms with Gasteiger partial charge in [-0.1, -0.05) is 28.1 Å². The van der Waals surface area contributed by atoms with Gasteiger partial charge in [-0.25, -0.2) is 9.50 Å². The molecule has 4 nitrogen and oxygen atoms in total. The van der Waals surface area contributed by atoms with Crippen molar-refractivity contribution in [1.82, 2.24) is 14.6 Å². The summed E-state index contributed by atoms with van der Waals surface area (Å²) in [5, 5.41) is 4.44. The lowest BCUT2D eigenvalue weighted by Gasteiger charge is -1.95. The zero-order valence-corrected chi connectivity index (χ0v) is 11.1. The first-order valence-electron chi connectivity index (χ1n) is 5.57. The maximum Gasteiger partial charge on any atom is 0.182 e. The van der Waals surface area contributed by atoms with Crippen molar-refractivity contribution in [2.24, 2.45) is 5.73 Å². The van der Waals surface area contributed by atoms with Gasteiger partial charge in [0, 0.05) is 22.8 Å². The van der Waals surface area contributed by atoms with Gasteiger partial charge in [-0.15, -0.1) is 5.10 Å². The van der Waals surface area contributed by atoms with E-state index in [0.717, 1.165) is 21.2 Å². The van der Waals surface area contributed by atoms with Crippen LogP contribution in [0.25, 0.3) is 17.0 Å². The van der Waals surface area contributed by atoms with E-state index in [1.54, 1.807) is 4.52 Å². The van der Waals surface area contributed by atoms with Crippen molar-refractivity contribution in [3.8, 4) is 11.4 Å². The fourth-order valence-electron chi connectivity index (χ4n) is 1.80. The molecule has 0 unspecified atom stereocenters. The van der Waals surface area contributed by atoms with Crippen molar-refractivity contribution in [3.63, 3.8) is 0 Å². The highest BCUT2D eigenvalue weighted by Crippen LogP contribution is 2.20. The minimum Gasteiger partial charge on any atom is -0.326 e. The second-order valence-corrected chi connectivity index (χ2v) is 4.90. The Morgan fingerprint density at radius 2 is 2.11 bits per heavy atom. The number of nitrogens with zero attached hydrogens (tertiary/aromatic N) is 3. The van der Waals surface area contributed by atoms with E-state index in [1.165, 1.54) is 0 Å². The lowest BCUT2D eigenvalue weighted by Crippen LogP contribution is -1.97. The maximum atomic E-state index is 5.61. The van der Waals surface area contributed by atoms with Crippen LogP contribution in [0.15, 0.2) is 47.1 Å². The SMILES string of the molecule is NCc1ccn2nc(-c3cccc(Br)c3)nc2c1. The average Bonchev–Trinajstić information content (AvgIpc) is 2.81. The van der Waals surface area contributed by atoms with Crippen molar-refractivity contribution < 1.29 is 0 Å². The van der Waals surface area contributed by atoms with E-state index in [4.69, 9.17) is 5.73 Å². The number of aromatic nitrogens is 3. The van der Waals surface area contributed by atoms with E-state index in [0.29, 0.717) is 12.4 Å². The second kappa shape index (κ2) is 4.51. The van der Waals surface area contributed by atoms with Crippen LogP contribution in [0.3, 0.4) is 0 Å². The van der Waals surface area contributed by atoms with Gasteiger partial charge in [-0.2, -0.15) is 0 Å². The minimum atomic E-state index is 0.510. The molecule has 0 atom stereocenters. The van der Waals surface area contributed by atoms with Gasteiger partial charge in [0.1, 0.15) is 0 Å². The quantitative estimate of drug-likeness (QED) is 0.792. The monoisotopic (exact) mass is 302 g/mol. The first-order chi connectivity index (χ1) is 8.76. The van der Waals surface area contributed by atoms with E-state index in [2.05, 4.69) is 26.0 Å². The molecule has 0 radical (unpaired) electrons. The van der Waals surface area contributed by atoms with Crippen LogP contribution in [0.5, 0.6) is 0 Å². The summed E-state index contributed by atoms with van der Waals surface area (Å²) >= 11 is 3.45. The van der Waals surface area contributed by atoms with Gasteiger partial charge in [-0.05, 0) is 29.8 Å². The smallest absolute Gasteiger partial charge is 0.182 e. The fraction of sp³-hybridized carbons (Fsp3) is 0.0769. The van der Waals surface area contributed by atoms with Gasteiger partial charge in [-0.3, -0.25) is 0 Å². The molecular formula is C13H11BrN4. The number of fused-ring (bicyclic) bond motifs is 1. The Balaban J connectivity index is 2.13. The van der Waals surface area contributed by atoms with Gasteiger partial charge < -0.3 is 5.73 Å². The van der Waals surface area contributed by atoms with Crippen LogP contribution < -0.4 is 5.73 Å². The summed E-state index contributed by atoms with van der Waals surface area (Å²) in [6.45, 7) is 0.510. The molecule has 1 aromatic carbocycles. The standard InChI is InChI=1S/C13H11BrN4/c14-11-3-1-2-10(7-11)13-16-12-6-9(8-15)4-5-18(12)17-13/h1-7H,8,15H2. The Bertz CT molecular complexity index is 705. The van der Waals surface area contributed by atoms with Crippen LogP contribution in [-0.4, -0.2) is 14.6 Å². The van der Waals surface area contributed by atoms with E-state index in [1.807, 2.05) is 42.6 Å². The number of hydrogen-bond donors (Lipinski definition) is 1. The Kier molecular flexibility index (Phi) is 2.85. The summed E-state index contributed by atoms with van der Waals surface area (Å²) in [6, 6.07) is 11.8. The molecule has 0 saturated carbocycles. The van der Waals surface area contributed by atoms with E-state index >= 15 is 0 Å². The summed E-state index contributed by atoms with van der Waals surface area (Å²) in [5.41, 5.74) is 8.47. The van der Waals surface area contributed by atoms with Crippen LogP contribution in [0.1, 0.15) is 5.56 Å². The molecule has 0 fully saturated rings. The molecule has 0 saturated heterocycles. The predicted octanol–water partition coefficient (Wildman–Crippen LogP) is 2.62. The summed E-state index contributed by atoms with van der Waals surface area (Å²) in [4.78, 5) is 4.51. The Hall–Kier alpha value is -1.72. The zero-order chi connectivity index (χ0) is 12.5. The van der Waals surface area contributed by atoms with E-state index in [9.17, 15) is 0 Å². The molecule has 0 aliphatic rings. The molecule has 5 heteroatoms. The molecule has 0 spiro atoms. The van der Waals surface area contributed by atoms with Crippen molar-refractivity contribution >= 4 is 21.6 Å². The third-order valence-corrected chi connectivity index (χ3v) is 3.21. The summed E-state index contributed by atoms with van der Waals surface area (Å²) in [7, 11) is 0. The molecule has 0 aliphatic carbocycles. The highest BCUT2D eigenvalue weighted by atomic mass is 79.9. The van der Waals surface area contributed by atoms with Gasteiger partial charge in [0.05, 0.1) is 0 Å². The average molecular weight is 303 g/mol. The molecule has 0 aliphatic heterocycles. The molecule has 90 valence electrons. The number of rotatable bonds is 2. The zero-order valence-electron chi connectivity index (χ0n) is 9.55. The fourth-order valence-corrected chi connectivity index (χ4v) is 2.20. The molecule has 2 aromatic heterocycles. The van der Waals surface area contributed by atoms with E-state index < -0.39 is 0 Å². The van der Waals surface area contributed by atoms with E-state index in [-0.39, 0.29) is 0 Å². The second-order valence-electron chi connectivity index (χ2n) is 3.99. The Morgan fingerprint density at radius 3 is 2.89 bits per heavy atom. The highest BCUT2D eigenvalue weighted by molar-refractivity contribution is 9.10. The van der Waals surface area contributed by atoms with Crippen LogP contribution in [0, 0.1) is 0 Å². The van der Waals surface area contributed by atoms with Crippen molar-refractivity contribution in [2.75, 3.05) is 0 Å². The molecule has 18 heavy (non-hydrogen) atoms. The van der Waals surface area contributed by atoms with Crippen LogP contribution in [0.2, 0.25) is 0 Å². The molecule has 3 aromatic rings. The predicted molar refractivity (Wildman–Crippen MR) is 74.0 cm³/mol. The molecule has 0 amide bonds. The largest absolute Gasteiger partial charge is 0.326 e. The number of pyridine rings is 1. The van der Waals surface area contributed by atoms with Crippen LogP contribution in [0.4, 0.5) is 0 Å². The van der Waals surface area contributed by atoms with Crippen molar-refractivity contribution in [1.29, 1.82) is 0 Å². The van der Waals surface area contributed by atoms with Crippen LogP contribution >= 0.6 is 15.9 Å². The molecule has 2 heterocycles. The van der Waals surface area contributed by atoms with Gasteiger partial charge >= 0.3 is 0 Å². The summed E-state index contributed by atoms with van der Waals surface area (Å²) < 4.78 is 2.77. The number of benzene rings is 1. The topological polar surface area (TPSA) is 56.2 Å². The number of hydrogen-bond acceptors (Lipinski definition) is 3. The molecule has 3 rings (SSSR count). The summed E-state index contributed by atoms with van der Waals surface area (Å²) in [6.07, 6.45) is 1.88. The van der Waals surface area contributed by atoms with Gasteiger partial charge in [0.15, 0.2) is 11.5 Å². The first-order valence-corrected chi connectivity index (χ1v) is 6.37. The lowest BCUT2D eigenvalue weighted by atomic mass is 10.2. The number of halogens is 1. The maximum absolute atomic E-state index is 5.61. The molecule has 0 bridgehead atoms. The first kappa shape index (κ1) is 11.4. The molecular weight excluding hydrogens is 292 g/mol. The Labute approximate surface area is 113 Å². The highest BCUT2D eigenvalue weighted by Gasteiger charge is 2.06. The van der Waals surface area contributed by atoms with Crippen LogP contribution in [-0.2, 0) is 6.54 Å². The minimum absolute atomic E-state index is 0.510. The third-order valence-electron chi connectivity index (χ3n) is 2.72. The number of nitrogens with two attached hydrogens (primary N) is 1. The lowest BCUT2D eigenvalue weighted by molar-refractivity contribution is 0.950. The van der Waals surface area contributed by atoms with Gasteiger partial charge in [0.25, 0.3) is 0 Å². The summed E-state index contributed by atoms with van der Waals surface area (Å²) in [5.74, 6) is 0.713. The Morgan fingerprint density at radius 1 is 1.22 bits per heavy atom. The normalized spacial score (nSPS) is 11.0.